The summed E-state index contributed by atoms with van der Waals surface area (Å²) in [5.74, 6) is -1.18. The van der Waals surface area contributed by atoms with E-state index in [1.54, 1.807) is 0 Å². The second-order valence-corrected chi connectivity index (χ2v) is 10.1. The summed E-state index contributed by atoms with van der Waals surface area (Å²) >= 11 is 0. The third-order valence-electron chi connectivity index (χ3n) is 5.46. The minimum atomic E-state index is -2.93. The van der Waals surface area contributed by atoms with Crippen molar-refractivity contribution in [3.05, 3.63) is 71.8 Å². The highest BCUT2D eigenvalue weighted by Crippen LogP contribution is 2.26. The van der Waals surface area contributed by atoms with Gasteiger partial charge >= 0.3 is 0 Å². The summed E-state index contributed by atoms with van der Waals surface area (Å²) in [7, 11) is -2.93. The molecule has 1 aliphatic heterocycles. The Morgan fingerprint density at radius 2 is 1.73 bits per heavy atom. The molecule has 3 aromatic rings. The number of anilines is 1. The topological polar surface area (TPSA) is 92.5 Å². The average Bonchev–Trinajstić information content (AvgIpc) is 3.25. The third kappa shape index (κ3) is 5.75. The minimum absolute atomic E-state index is 0.0209. The number of nitrogens with one attached hydrogen (secondary N) is 1. The van der Waals surface area contributed by atoms with Gasteiger partial charge in [-0.05, 0) is 29.8 Å². The van der Waals surface area contributed by atoms with Gasteiger partial charge in [0, 0.05) is 38.2 Å². The summed E-state index contributed by atoms with van der Waals surface area (Å²) in [6.07, 6.45) is 1.55. The van der Waals surface area contributed by atoms with Gasteiger partial charge in [-0.25, -0.2) is 22.2 Å². The Labute approximate surface area is 190 Å². The predicted molar refractivity (Wildman–Crippen MR) is 119 cm³/mol. The highest BCUT2D eigenvalue weighted by atomic mass is 32.2. The van der Waals surface area contributed by atoms with E-state index in [4.69, 9.17) is 4.42 Å². The van der Waals surface area contributed by atoms with E-state index >= 15 is 0 Å². The Balaban J connectivity index is 1.25. The lowest BCUT2D eigenvalue weighted by atomic mass is 10.1. The highest BCUT2D eigenvalue weighted by molar-refractivity contribution is 7.91. The van der Waals surface area contributed by atoms with E-state index < -0.39 is 21.5 Å². The predicted octanol–water partition coefficient (Wildman–Crippen LogP) is 3.10. The van der Waals surface area contributed by atoms with Crippen LogP contribution in [0.1, 0.15) is 17.9 Å². The molecule has 0 unspecified atom stereocenters. The summed E-state index contributed by atoms with van der Waals surface area (Å²) in [4.78, 5) is 18.2. The van der Waals surface area contributed by atoms with Gasteiger partial charge in [-0.2, -0.15) is 0 Å². The van der Waals surface area contributed by atoms with Gasteiger partial charge < -0.3 is 14.6 Å². The second kappa shape index (κ2) is 9.70. The fraction of sp³-hybridized carbons (Fsp3) is 0.304. The summed E-state index contributed by atoms with van der Waals surface area (Å²) in [5, 5.41) is 2.81. The van der Waals surface area contributed by atoms with Crippen molar-refractivity contribution in [2.75, 3.05) is 29.5 Å². The van der Waals surface area contributed by atoms with E-state index in [1.165, 1.54) is 12.3 Å². The summed E-state index contributed by atoms with van der Waals surface area (Å²) in [5.41, 5.74) is 1.58. The molecule has 2 heterocycles. The Bertz CT molecular complexity index is 1210. The van der Waals surface area contributed by atoms with Gasteiger partial charge in [-0.3, -0.25) is 4.79 Å². The van der Waals surface area contributed by atoms with Crippen molar-refractivity contribution in [1.82, 2.24) is 10.3 Å². The largest absolute Gasteiger partial charge is 0.441 e. The Morgan fingerprint density at radius 3 is 2.39 bits per heavy atom. The molecule has 7 nitrogen and oxygen atoms in total. The monoisotopic (exact) mass is 475 g/mol. The van der Waals surface area contributed by atoms with Gasteiger partial charge in [0.1, 0.15) is 11.6 Å². The number of halogens is 2. The molecule has 1 amide bonds. The fourth-order valence-corrected chi connectivity index (χ4v) is 4.78. The summed E-state index contributed by atoms with van der Waals surface area (Å²) in [6.45, 7) is 1.29. The number of carbonyl (C=O) groups is 1. The zero-order valence-electron chi connectivity index (χ0n) is 17.8. The lowest BCUT2D eigenvalue weighted by molar-refractivity contribution is -0.121. The molecule has 2 aromatic carbocycles. The van der Waals surface area contributed by atoms with Crippen LogP contribution in [0.5, 0.6) is 0 Å². The van der Waals surface area contributed by atoms with Crippen LogP contribution in [0.4, 0.5) is 14.5 Å². The van der Waals surface area contributed by atoms with E-state index in [-0.39, 0.29) is 47.5 Å². The first-order valence-electron chi connectivity index (χ1n) is 10.5. The van der Waals surface area contributed by atoms with Crippen LogP contribution in [0.15, 0.2) is 53.1 Å². The maximum atomic E-state index is 13.9. The molecule has 0 saturated carbocycles. The third-order valence-corrected chi connectivity index (χ3v) is 7.07. The molecule has 1 aliphatic rings. The number of aryl methyl sites for hydroxylation is 1. The lowest BCUT2D eigenvalue weighted by Gasteiger charge is -2.28. The molecular weight excluding hydrogens is 452 g/mol. The average molecular weight is 476 g/mol. The van der Waals surface area contributed by atoms with Crippen LogP contribution in [-0.2, 0) is 27.6 Å². The molecule has 1 fully saturated rings. The normalized spacial score (nSPS) is 15.4. The standard InChI is InChI=1S/C23H23F2N3O4S/c24-18-2-1-3-19(25)23(18)20-15-27-22(32-20)9-8-21(29)26-14-16-4-6-17(7-5-16)28-10-12-33(30,31)13-11-28/h1-7,15H,8-14H2,(H,26,29). The van der Waals surface area contributed by atoms with Crippen LogP contribution in [-0.4, -0.2) is 43.9 Å². The van der Waals surface area contributed by atoms with Gasteiger partial charge in [0.15, 0.2) is 21.5 Å². The second-order valence-electron chi connectivity index (χ2n) is 7.80. The molecule has 1 saturated heterocycles. The summed E-state index contributed by atoms with van der Waals surface area (Å²) < 4.78 is 56.3. The number of aromatic nitrogens is 1. The van der Waals surface area contributed by atoms with Crippen molar-refractivity contribution in [1.29, 1.82) is 0 Å². The van der Waals surface area contributed by atoms with Crippen LogP contribution in [0.25, 0.3) is 11.3 Å². The fourth-order valence-electron chi connectivity index (χ4n) is 3.58. The molecule has 10 heteroatoms. The quantitative estimate of drug-likeness (QED) is 0.565. The highest BCUT2D eigenvalue weighted by Gasteiger charge is 2.21. The molecular formula is C23H23F2N3O4S. The number of hydrogen-bond acceptors (Lipinski definition) is 6. The van der Waals surface area contributed by atoms with E-state index in [0.717, 1.165) is 23.4 Å². The number of oxazole rings is 1. The molecule has 1 aromatic heterocycles. The molecule has 174 valence electrons. The van der Waals surface area contributed by atoms with Crippen molar-refractivity contribution >= 4 is 21.4 Å². The minimum Gasteiger partial charge on any atom is -0.441 e. The molecule has 0 atom stereocenters. The molecule has 0 radical (unpaired) electrons. The molecule has 33 heavy (non-hydrogen) atoms. The Kier molecular flexibility index (Phi) is 6.73. The molecule has 0 bridgehead atoms. The molecule has 4 rings (SSSR count). The number of amides is 1. The van der Waals surface area contributed by atoms with Crippen molar-refractivity contribution < 1.29 is 26.4 Å². The summed E-state index contributed by atoms with van der Waals surface area (Å²) in [6, 6.07) is 11.1. The van der Waals surface area contributed by atoms with Crippen molar-refractivity contribution in [3.8, 4) is 11.3 Å². The van der Waals surface area contributed by atoms with Crippen LogP contribution < -0.4 is 10.2 Å². The maximum absolute atomic E-state index is 13.9. The Morgan fingerprint density at radius 1 is 1.06 bits per heavy atom. The molecule has 0 aliphatic carbocycles. The van der Waals surface area contributed by atoms with Crippen molar-refractivity contribution in [3.63, 3.8) is 0 Å². The first kappa shape index (κ1) is 22.9. The molecule has 0 spiro atoms. The smallest absolute Gasteiger partial charge is 0.220 e. The van der Waals surface area contributed by atoms with Gasteiger partial charge in [0.25, 0.3) is 0 Å². The maximum Gasteiger partial charge on any atom is 0.220 e. The van der Waals surface area contributed by atoms with E-state index in [1.807, 2.05) is 29.2 Å². The van der Waals surface area contributed by atoms with Crippen LogP contribution in [0, 0.1) is 11.6 Å². The number of carbonyl (C=O) groups excluding carboxylic acids is 1. The SMILES string of the molecule is O=C(CCc1ncc(-c2c(F)cccc2F)o1)NCc1ccc(N2CCS(=O)(=O)CC2)cc1. The van der Waals surface area contributed by atoms with Gasteiger partial charge in [-0.15, -0.1) is 0 Å². The zero-order valence-corrected chi connectivity index (χ0v) is 18.6. The van der Waals surface area contributed by atoms with E-state index in [9.17, 15) is 22.0 Å². The number of nitrogens with zero attached hydrogens (tertiary/aromatic N) is 2. The zero-order chi connectivity index (χ0) is 23.4. The van der Waals surface area contributed by atoms with Gasteiger partial charge in [0.2, 0.25) is 5.91 Å². The number of rotatable bonds is 7. The van der Waals surface area contributed by atoms with Crippen LogP contribution in [0.2, 0.25) is 0 Å². The van der Waals surface area contributed by atoms with Crippen molar-refractivity contribution in [2.45, 2.75) is 19.4 Å². The van der Waals surface area contributed by atoms with E-state index in [0.29, 0.717) is 19.6 Å². The van der Waals surface area contributed by atoms with Crippen molar-refractivity contribution in [2.24, 2.45) is 0 Å². The Hall–Kier alpha value is -3.27. The first-order valence-corrected chi connectivity index (χ1v) is 12.3. The van der Waals surface area contributed by atoms with Crippen LogP contribution in [0.3, 0.4) is 0 Å². The first-order chi connectivity index (χ1) is 15.8. The molecule has 1 N–H and O–H groups in total. The van der Waals surface area contributed by atoms with Crippen LogP contribution >= 0.6 is 0 Å². The lowest BCUT2D eigenvalue weighted by Crippen LogP contribution is -2.40. The van der Waals surface area contributed by atoms with Gasteiger partial charge in [0.05, 0.1) is 23.3 Å². The van der Waals surface area contributed by atoms with E-state index in [2.05, 4.69) is 10.3 Å². The number of benzene rings is 2. The van der Waals surface area contributed by atoms with Gasteiger partial charge in [-0.1, -0.05) is 18.2 Å². The number of sulfone groups is 1. The number of hydrogen-bond donors (Lipinski definition) is 1.